The summed E-state index contributed by atoms with van der Waals surface area (Å²) in [5.74, 6) is -0.406. The van der Waals surface area contributed by atoms with E-state index in [1.165, 1.54) is 0 Å². The number of fused-ring (bicyclic) bond motifs is 1. The minimum atomic E-state index is -1.75. The van der Waals surface area contributed by atoms with Crippen LogP contribution >= 0.6 is 0 Å². The fourth-order valence-corrected chi connectivity index (χ4v) is 3.35. The van der Waals surface area contributed by atoms with Gasteiger partial charge in [0.15, 0.2) is 11.5 Å². The first-order valence-corrected chi connectivity index (χ1v) is 8.72. The van der Waals surface area contributed by atoms with Gasteiger partial charge in [0.1, 0.15) is 0 Å². The van der Waals surface area contributed by atoms with Crippen molar-refractivity contribution >= 4 is 16.7 Å². The quantitative estimate of drug-likeness (QED) is 0.779. The molecule has 2 aromatic heterocycles. The van der Waals surface area contributed by atoms with Gasteiger partial charge in [-0.1, -0.05) is 6.07 Å². The summed E-state index contributed by atoms with van der Waals surface area (Å²) in [7, 11) is 1.87. The molecule has 0 bridgehead atoms. The molecule has 4 rings (SSSR count). The van der Waals surface area contributed by atoms with E-state index in [9.17, 15) is 9.18 Å². The number of Topliss-reactive ketones (excluding diaryl/α,β-unsaturated/α-hetero) is 1. The molecule has 3 aromatic rings. The summed E-state index contributed by atoms with van der Waals surface area (Å²) in [5, 5.41) is 16.4. The third-order valence-corrected chi connectivity index (χ3v) is 4.91. The highest BCUT2D eigenvalue weighted by Crippen LogP contribution is 2.27. The number of alkyl halides is 1. The van der Waals surface area contributed by atoms with Gasteiger partial charge in [0.25, 0.3) is 0 Å². The number of nitrogens with zero attached hydrogens (tertiary/aromatic N) is 4. The Bertz CT molecular complexity index is 961. The molecule has 1 N–H and O–H groups in total. The van der Waals surface area contributed by atoms with Crippen molar-refractivity contribution in [3.63, 3.8) is 0 Å². The van der Waals surface area contributed by atoms with Gasteiger partial charge in [-0.25, -0.2) is 4.39 Å². The molecule has 0 spiro atoms. The number of ketones is 1. The second-order valence-electron chi connectivity index (χ2n) is 6.83. The van der Waals surface area contributed by atoms with Crippen molar-refractivity contribution in [1.29, 1.82) is 0 Å². The van der Waals surface area contributed by atoms with Crippen LogP contribution in [0.25, 0.3) is 22.0 Å². The van der Waals surface area contributed by atoms with Crippen LogP contribution in [0.4, 0.5) is 4.39 Å². The summed E-state index contributed by atoms with van der Waals surface area (Å²) in [6.07, 6.45) is 4.14. The van der Waals surface area contributed by atoms with Gasteiger partial charge >= 0.3 is 0 Å². The number of halogens is 1. The van der Waals surface area contributed by atoms with Gasteiger partial charge in [-0.05, 0) is 36.9 Å². The number of carbonyl (C=O) groups is 1. The zero-order valence-electron chi connectivity index (χ0n) is 14.6. The van der Waals surface area contributed by atoms with Crippen LogP contribution in [0.1, 0.15) is 18.5 Å². The molecule has 6 nitrogen and oxygen atoms in total. The number of carbonyl (C=O) groups excluding carboxylic acids is 1. The zero-order valence-corrected chi connectivity index (χ0v) is 14.6. The molecule has 0 unspecified atom stereocenters. The summed E-state index contributed by atoms with van der Waals surface area (Å²) in [6, 6.07) is 7.67. The van der Waals surface area contributed by atoms with Crippen molar-refractivity contribution in [3.8, 4) is 11.1 Å². The zero-order chi connectivity index (χ0) is 18.1. The van der Waals surface area contributed by atoms with Crippen LogP contribution in [0.2, 0.25) is 0 Å². The number of aryl methyl sites for hydroxylation is 1. The van der Waals surface area contributed by atoms with Crippen LogP contribution in [-0.4, -0.2) is 44.5 Å². The second-order valence-corrected chi connectivity index (χ2v) is 6.83. The summed E-state index contributed by atoms with van der Waals surface area (Å²) in [6.45, 7) is 1.06. The Hall–Kier alpha value is -2.67. The van der Waals surface area contributed by atoms with Crippen LogP contribution in [0.3, 0.4) is 0 Å². The standard InChI is InChI=1S/C19H20FN5O/c1-25-12-15(11-22-25)13-2-3-17-14(8-13)9-16(23-24-17)10-18(26)19(20)4-6-21-7-5-19/h2-3,8-9,11-12,21H,4-7,10H2,1H3. The SMILES string of the molecule is Cn1cc(-c2ccc3nnc(CC(=O)C4(F)CCNCC4)cc3c2)cn1. The minimum Gasteiger partial charge on any atom is -0.316 e. The first-order valence-electron chi connectivity index (χ1n) is 8.72. The van der Waals surface area contributed by atoms with Gasteiger partial charge in [0, 0.05) is 37.0 Å². The monoisotopic (exact) mass is 353 g/mol. The molecule has 1 aliphatic rings. The first-order chi connectivity index (χ1) is 12.5. The molecular formula is C19H20FN5O. The van der Waals surface area contributed by atoms with Gasteiger partial charge in [-0.2, -0.15) is 15.3 Å². The average Bonchev–Trinajstić information content (AvgIpc) is 3.08. The van der Waals surface area contributed by atoms with E-state index in [-0.39, 0.29) is 19.3 Å². The molecule has 1 fully saturated rings. The lowest BCUT2D eigenvalue weighted by atomic mass is 9.87. The molecule has 1 aliphatic heterocycles. The molecule has 3 heterocycles. The third-order valence-electron chi connectivity index (χ3n) is 4.91. The summed E-state index contributed by atoms with van der Waals surface area (Å²) < 4.78 is 16.6. The van der Waals surface area contributed by atoms with E-state index in [4.69, 9.17) is 0 Å². The minimum absolute atomic E-state index is 0.0312. The lowest BCUT2D eigenvalue weighted by Crippen LogP contribution is -2.45. The number of aromatic nitrogens is 4. The maximum Gasteiger partial charge on any atom is 0.176 e. The van der Waals surface area contributed by atoms with Crippen LogP contribution in [0.5, 0.6) is 0 Å². The van der Waals surface area contributed by atoms with Gasteiger partial charge < -0.3 is 5.32 Å². The van der Waals surface area contributed by atoms with E-state index in [1.807, 2.05) is 37.5 Å². The maximum absolute atomic E-state index is 14.8. The molecule has 0 saturated carbocycles. The van der Waals surface area contributed by atoms with Gasteiger partial charge in [0.05, 0.1) is 23.8 Å². The Morgan fingerprint density at radius 1 is 1.23 bits per heavy atom. The average molecular weight is 353 g/mol. The number of hydrogen-bond donors (Lipinski definition) is 1. The van der Waals surface area contributed by atoms with E-state index in [0.29, 0.717) is 18.8 Å². The number of hydrogen-bond acceptors (Lipinski definition) is 5. The molecule has 0 atom stereocenters. The highest BCUT2D eigenvalue weighted by atomic mass is 19.1. The van der Waals surface area contributed by atoms with Gasteiger partial charge in [-0.3, -0.25) is 9.48 Å². The fourth-order valence-electron chi connectivity index (χ4n) is 3.35. The topological polar surface area (TPSA) is 72.7 Å². The van der Waals surface area contributed by atoms with E-state index < -0.39 is 11.5 Å². The highest BCUT2D eigenvalue weighted by molar-refractivity contribution is 5.90. The first kappa shape index (κ1) is 16.8. The Morgan fingerprint density at radius 2 is 2.04 bits per heavy atom. The lowest BCUT2D eigenvalue weighted by molar-refractivity contribution is -0.131. The normalized spacial score (nSPS) is 16.7. The predicted molar refractivity (Wildman–Crippen MR) is 96.4 cm³/mol. The number of benzene rings is 1. The van der Waals surface area contributed by atoms with E-state index >= 15 is 0 Å². The van der Waals surface area contributed by atoms with Crippen molar-refractivity contribution in [2.45, 2.75) is 24.9 Å². The second kappa shape index (κ2) is 6.57. The summed E-state index contributed by atoms with van der Waals surface area (Å²) in [5.41, 5.74) is 1.50. The van der Waals surface area contributed by atoms with E-state index in [1.54, 1.807) is 10.9 Å². The third kappa shape index (κ3) is 3.22. The van der Waals surface area contributed by atoms with Crippen molar-refractivity contribution in [2.24, 2.45) is 7.05 Å². The van der Waals surface area contributed by atoms with Crippen LogP contribution in [0, 0.1) is 0 Å². The van der Waals surface area contributed by atoms with Crippen molar-refractivity contribution < 1.29 is 9.18 Å². The Kier molecular flexibility index (Phi) is 4.24. The Labute approximate surface area is 150 Å². The number of nitrogens with one attached hydrogen (secondary N) is 1. The van der Waals surface area contributed by atoms with Crippen LogP contribution < -0.4 is 5.32 Å². The summed E-state index contributed by atoms with van der Waals surface area (Å²) in [4.78, 5) is 12.4. The predicted octanol–water partition coefficient (Wildman–Crippen LogP) is 2.23. The van der Waals surface area contributed by atoms with Crippen molar-refractivity contribution in [3.05, 3.63) is 42.4 Å². The molecular weight excluding hydrogens is 333 g/mol. The Balaban J connectivity index is 1.61. The smallest absolute Gasteiger partial charge is 0.176 e. The van der Waals surface area contributed by atoms with Crippen molar-refractivity contribution in [1.82, 2.24) is 25.3 Å². The maximum atomic E-state index is 14.8. The highest BCUT2D eigenvalue weighted by Gasteiger charge is 2.39. The molecule has 0 aliphatic carbocycles. The molecule has 1 aromatic carbocycles. The number of piperidine rings is 1. The molecule has 7 heteroatoms. The molecule has 26 heavy (non-hydrogen) atoms. The van der Waals surface area contributed by atoms with Gasteiger partial charge in [-0.15, -0.1) is 0 Å². The molecule has 134 valence electrons. The molecule has 1 saturated heterocycles. The largest absolute Gasteiger partial charge is 0.316 e. The molecule has 0 radical (unpaired) electrons. The molecule has 0 amide bonds. The van der Waals surface area contributed by atoms with E-state index in [0.717, 1.165) is 22.0 Å². The van der Waals surface area contributed by atoms with E-state index in [2.05, 4.69) is 20.6 Å². The van der Waals surface area contributed by atoms with Crippen LogP contribution in [0.15, 0.2) is 36.7 Å². The summed E-state index contributed by atoms with van der Waals surface area (Å²) >= 11 is 0. The fraction of sp³-hybridized carbons (Fsp3) is 0.368. The number of rotatable bonds is 4. The van der Waals surface area contributed by atoms with Crippen LogP contribution in [-0.2, 0) is 18.3 Å². The lowest BCUT2D eigenvalue weighted by Gasteiger charge is -2.28. The van der Waals surface area contributed by atoms with Gasteiger partial charge in [0.2, 0.25) is 0 Å². The Morgan fingerprint density at radius 3 is 2.77 bits per heavy atom. The van der Waals surface area contributed by atoms with Crippen molar-refractivity contribution in [2.75, 3.05) is 13.1 Å².